The average molecular weight is 505 g/mol. The number of piperidine rings is 1. The predicted octanol–water partition coefficient (Wildman–Crippen LogP) is 5.28. The van der Waals surface area contributed by atoms with Crippen LogP contribution < -0.4 is 4.74 Å². The molecule has 2 heterocycles. The van der Waals surface area contributed by atoms with E-state index in [0.717, 1.165) is 43.3 Å². The van der Waals surface area contributed by atoms with Gasteiger partial charge in [-0.2, -0.15) is 11.8 Å². The predicted molar refractivity (Wildman–Crippen MR) is 137 cm³/mol. The second kappa shape index (κ2) is 12.4. The largest absolute Gasteiger partial charge is 0.497 e. The fourth-order valence-corrected chi connectivity index (χ4v) is 7.11. The Labute approximate surface area is 211 Å². The summed E-state index contributed by atoms with van der Waals surface area (Å²) in [4.78, 5) is 18.1. The number of nitrogens with zero attached hydrogens (tertiary/aromatic N) is 2. The van der Waals surface area contributed by atoms with E-state index >= 15 is 0 Å². The Kier molecular flexibility index (Phi) is 9.25. The summed E-state index contributed by atoms with van der Waals surface area (Å²) in [7, 11) is 1.55. The first-order valence-corrected chi connectivity index (χ1v) is 13.9. The Morgan fingerprint density at radius 3 is 2.83 bits per heavy atom. The molecular weight excluding hydrogens is 467 g/mol. The minimum atomic E-state index is -0.987. The van der Waals surface area contributed by atoms with Crippen molar-refractivity contribution in [3.63, 3.8) is 0 Å². The normalized spacial score (nSPS) is 22.5. The summed E-state index contributed by atoms with van der Waals surface area (Å²) in [6, 6.07) is 5.23. The lowest BCUT2D eigenvalue weighted by Gasteiger charge is -2.38. The molecule has 1 aromatic carbocycles. The molecule has 2 unspecified atom stereocenters. The van der Waals surface area contributed by atoms with Crippen LogP contribution >= 0.6 is 11.8 Å². The van der Waals surface area contributed by atoms with Crippen LogP contribution in [0.1, 0.15) is 63.0 Å². The van der Waals surface area contributed by atoms with Crippen LogP contribution in [-0.2, 0) is 4.79 Å². The SMILES string of the molecule is COc1ccc2ncc(F)c([C@H](O)CCC3CCN(CCSC4CCCC4)CC3CC(=O)O)c2c1. The number of pyridine rings is 1. The van der Waals surface area contributed by atoms with Gasteiger partial charge in [0.2, 0.25) is 0 Å². The summed E-state index contributed by atoms with van der Waals surface area (Å²) in [6.45, 7) is 2.73. The highest BCUT2D eigenvalue weighted by Crippen LogP contribution is 2.36. The van der Waals surface area contributed by atoms with Gasteiger partial charge in [-0.3, -0.25) is 9.78 Å². The Morgan fingerprint density at radius 2 is 2.09 bits per heavy atom. The molecule has 1 saturated heterocycles. The number of benzene rings is 1. The van der Waals surface area contributed by atoms with Crippen LogP contribution in [0.2, 0.25) is 0 Å². The lowest BCUT2D eigenvalue weighted by Crippen LogP contribution is -2.42. The van der Waals surface area contributed by atoms with Gasteiger partial charge in [0.25, 0.3) is 0 Å². The number of fused-ring (bicyclic) bond motifs is 1. The molecule has 192 valence electrons. The summed E-state index contributed by atoms with van der Waals surface area (Å²) in [5.41, 5.74) is 0.846. The summed E-state index contributed by atoms with van der Waals surface area (Å²) >= 11 is 2.07. The molecule has 4 rings (SSSR count). The second-order valence-corrected chi connectivity index (χ2v) is 11.4. The standard InChI is InChI=1S/C27H37FN2O4S/c1-34-20-7-8-24-22(15-20)27(23(28)16-29-24)25(31)9-6-18-10-11-30(17-19(18)14-26(32)33)12-13-35-21-4-2-3-5-21/h7-8,15-16,18-19,21,25,31H,2-6,9-14,17H2,1H3,(H,32,33)/t18?,19?,25-/m1/s1. The van der Waals surface area contributed by atoms with Crippen molar-refractivity contribution in [2.45, 2.75) is 62.7 Å². The first kappa shape index (κ1) is 26.2. The zero-order chi connectivity index (χ0) is 24.8. The quantitative estimate of drug-likeness (QED) is 0.430. The third-order valence-electron chi connectivity index (χ3n) is 7.69. The molecule has 2 N–H and O–H groups in total. The van der Waals surface area contributed by atoms with E-state index in [2.05, 4.69) is 21.6 Å². The minimum Gasteiger partial charge on any atom is -0.497 e. The number of rotatable bonds is 11. The number of methoxy groups -OCH3 is 1. The number of aliphatic hydroxyl groups excluding tert-OH is 1. The van der Waals surface area contributed by atoms with E-state index in [-0.39, 0.29) is 23.8 Å². The molecule has 1 aromatic heterocycles. The zero-order valence-electron chi connectivity index (χ0n) is 20.5. The van der Waals surface area contributed by atoms with E-state index in [1.54, 1.807) is 25.3 Å². The molecule has 0 radical (unpaired) electrons. The molecule has 1 aliphatic carbocycles. The highest BCUT2D eigenvalue weighted by molar-refractivity contribution is 7.99. The molecule has 0 spiro atoms. The number of carbonyl (C=O) groups is 1. The molecule has 1 saturated carbocycles. The maximum absolute atomic E-state index is 14.8. The van der Waals surface area contributed by atoms with Crippen molar-refractivity contribution in [1.29, 1.82) is 0 Å². The second-order valence-electron chi connectivity index (χ2n) is 9.98. The number of aromatic nitrogens is 1. The van der Waals surface area contributed by atoms with Gasteiger partial charge in [0.05, 0.1) is 24.9 Å². The molecule has 6 nitrogen and oxygen atoms in total. The first-order chi connectivity index (χ1) is 16.9. The molecular formula is C27H37FN2O4S. The van der Waals surface area contributed by atoms with E-state index in [1.165, 1.54) is 25.7 Å². The maximum atomic E-state index is 14.8. The van der Waals surface area contributed by atoms with Gasteiger partial charge in [-0.15, -0.1) is 0 Å². The number of likely N-dealkylation sites (tertiary alicyclic amines) is 1. The van der Waals surface area contributed by atoms with Gasteiger partial charge >= 0.3 is 5.97 Å². The van der Waals surface area contributed by atoms with Gasteiger partial charge in [-0.05, 0) is 68.7 Å². The van der Waals surface area contributed by atoms with Crippen molar-refractivity contribution in [3.05, 3.63) is 35.8 Å². The molecule has 3 atom stereocenters. The number of hydrogen-bond acceptors (Lipinski definition) is 6. The monoisotopic (exact) mass is 504 g/mol. The van der Waals surface area contributed by atoms with Crippen molar-refractivity contribution >= 4 is 28.6 Å². The maximum Gasteiger partial charge on any atom is 0.303 e. The number of carboxylic acid groups (broad SMARTS) is 1. The van der Waals surface area contributed by atoms with Gasteiger partial charge in [0.1, 0.15) is 11.6 Å². The number of aliphatic carboxylic acids is 1. The van der Waals surface area contributed by atoms with E-state index in [9.17, 15) is 19.4 Å². The van der Waals surface area contributed by atoms with Gasteiger partial charge in [-0.1, -0.05) is 12.8 Å². The lowest BCUT2D eigenvalue weighted by molar-refractivity contribution is -0.139. The molecule has 35 heavy (non-hydrogen) atoms. The zero-order valence-corrected chi connectivity index (χ0v) is 21.3. The molecule has 0 bridgehead atoms. The van der Waals surface area contributed by atoms with E-state index < -0.39 is 17.9 Å². The Hall–Kier alpha value is -1.90. The number of ether oxygens (including phenoxy) is 1. The topological polar surface area (TPSA) is 82.9 Å². The van der Waals surface area contributed by atoms with Crippen LogP contribution in [-0.4, -0.2) is 63.8 Å². The number of aliphatic hydroxyl groups is 1. The fraction of sp³-hybridized carbons (Fsp3) is 0.630. The van der Waals surface area contributed by atoms with Crippen LogP contribution in [0.4, 0.5) is 4.39 Å². The molecule has 8 heteroatoms. The third-order valence-corrected chi connectivity index (χ3v) is 9.05. The smallest absolute Gasteiger partial charge is 0.303 e. The van der Waals surface area contributed by atoms with Crippen LogP contribution in [0.5, 0.6) is 5.75 Å². The van der Waals surface area contributed by atoms with Crippen molar-refractivity contribution in [1.82, 2.24) is 9.88 Å². The molecule has 2 aliphatic rings. The fourth-order valence-electron chi connectivity index (χ4n) is 5.75. The Balaban J connectivity index is 1.37. The van der Waals surface area contributed by atoms with Crippen molar-refractivity contribution in [2.24, 2.45) is 11.8 Å². The van der Waals surface area contributed by atoms with Crippen LogP contribution in [0, 0.1) is 17.7 Å². The first-order valence-electron chi connectivity index (χ1n) is 12.8. The number of carboxylic acids is 1. The molecule has 2 fully saturated rings. The van der Waals surface area contributed by atoms with Gasteiger partial charge in [0.15, 0.2) is 0 Å². The van der Waals surface area contributed by atoms with Crippen LogP contribution in [0.3, 0.4) is 0 Å². The van der Waals surface area contributed by atoms with E-state index in [1.807, 2.05) is 0 Å². The summed E-state index contributed by atoms with van der Waals surface area (Å²) in [5.74, 6) is 0.620. The highest BCUT2D eigenvalue weighted by atomic mass is 32.2. The summed E-state index contributed by atoms with van der Waals surface area (Å²) < 4.78 is 20.0. The lowest BCUT2D eigenvalue weighted by atomic mass is 9.79. The number of hydrogen-bond donors (Lipinski definition) is 2. The van der Waals surface area contributed by atoms with Crippen molar-refractivity contribution in [3.8, 4) is 5.75 Å². The summed E-state index contributed by atoms with van der Waals surface area (Å²) in [6.07, 6.45) is 7.62. The highest BCUT2D eigenvalue weighted by Gasteiger charge is 2.31. The molecule has 0 amide bonds. The van der Waals surface area contributed by atoms with Gasteiger partial charge in [0, 0.05) is 41.5 Å². The number of thioether (sulfide) groups is 1. The van der Waals surface area contributed by atoms with Crippen LogP contribution in [0.25, 0.3) is 10.9 Å². The third kappa shape index (κ3) is 6.86. The van der Waals surface area contributed by atoms with E-state index in [4.69, 9.17) is 4.74 Å². The minimum absolute atomic E-state index is 0.0454. The van der Waals surface area contributed by atoms with E-state index in [0.29, 0.717) is 29.5 Å². The van der Waals surface area contributed by atoms with Gasteiger partial charge in [-0.25, -0.2) is 4.39 Å². The van der Waals surface area contributed by atoms with Crippen LogP contribution in [0.15, 0.2) is 24.4 Å². The number of halogens is 1. The molecule has 1 aliphatic heterocycles. The summed E-state index contributed by atoms with van der Waals surface area (Å²) in [5, 5.41) is 21.9. The Bertz CT molecular complexity index is 1000. The van der Waals surface area contributed by atoms with Gasteiger partial charge < -0.3 is 19.8 Å². The van der Waals surface area contributed by atoms with Crippen molar-refractivity contribution < 1.29 is 24.1 Å². The van der Waals surface area contributed by atoms with Crippen molar-refractivity contribution in [2.75, 3.05) is 32.5 Å². The average Bonchev–Trinajstić information content (AvgIpc) is 3.36. The Morgan fingerprint density at radius 1 is 1.29 bits per heavy atom. The molecule has 2 aromatic rings.